The summed E-state index contributed by atoms with van der Waals surface area (Å²) >= 11 is 0. The van der Waals surface area contributed by atoms with Crippen LogP contribution in [0.25, 0.3) is 11.0 Å². The van der Waals surface area contributed by atoms with Gasteiger partial charge in [0.05, 0.1) is 0 Å². The maximum Gasteiger partial charge on any atom is 0.271 e. The van der Waals surface area contributed by atoms with E-state index in [-0.39, 0.29) is 24.7 Å². The first-order chi connectivity index (χ1) is 11.3. The maximum absolute atomic E-state index is 12.7. The molecule has 2 aromatic rings. The molecule has 2 rings (SSSR count). The summed E-state index contributed by atoms with van der Waals surface area (Å²) in [4.78, 5) is 42.0. The summed E-state index contributed by atoms with van der Waals surface area (Å²) in [7, 11) is 0. The zero-order valence-corrected chi connectivity index (χ0v) is 14.5. The van der Waals surface area contributed by atoms with Gasteiger partial charge in [0.15, 0.2) is 5.65 Å². The van der Waals surface area contributed by atoms with E-state index in [4.69, 9.17) is 0 Å². The van der Waals surface area contributed by atoms with Crippen LogP contribution in [0.5, 0.6) is 0 Å². The number of hydrogen-bond donors (Lipinski definition) is 0. The van der Waals surface area contributed by atoms with E-state index in [9.17, 15) is 14.4 Å². The predicted octanol–water partition coefficient (Wildman–Crippen LogP) is 2.48. The molecule has 0 radical (unpaired) electrons. The maximum atomic E-state index is 12.7. The lowest BCUT2D eigenvalue weighted by Crippen LogP contribution is -2.51. The van der Waals surface area contributed by atoms with Crippen LogP contribution < -0.4 is 10.6 Å². The Balaban J connectivity index is 2.63. The van der Waals surface area contributed by atoms with E-state index in [1.165, 1.54) is 12.3 Å². The Morgan fingerprint density at radius 1 is 1.04 bits per heavy atom. The molecule has 6 heteroatoms. The lowest BCUT2D eigenvalue weighted by atomic mass is 10.1. The predicted molar refractivity (Wildman–Crippen MR) is 93.1 cm³/mol. The Morgan fingerprint density at radius 3 is 2.17 bits per heavy atom. The average Bonchev–Trinajstić information content (AvgIpc) is 2.48. The van der Waals surface area contributed by atoms with Gasteiger partial charge in [-0.3, -0.25) is 14.4 Å². The summed E-state index contributed by atoms with van der Waals surface area (Å²) in [5.74, 6) is -0.636. The van der Waals surface area contributed by atoms with Gasteiger partial charge < -0.3 is 0 Å². The lowest BCUT2D eigenvalue weighted by molar-refractivity contribution is -0.129. The number of rotatable bonds is 5. The van der Waals surface area contributed by atoms with E-state index in [1.807, 2.05) is 27.7 Å². The first-order valence-electron chi connectivity index (χ1n) is 8.14. The van der Waals surface area contributed by atoms with E-state index < -0.39 is 17.4 Å². The fourth-order valence-corrected chi connectivity index (χ4v) is 2.48. The van der Waals surface area contributed by atoms with Gasteiger partial charge in [-0.15, -0.1) is 0 Å². The highest BCUT2D eigenvalue weighted by Gasteiger charge is 2.27. The number of carbonyl (C=O) groups excluding carboxylic acids is 2. The highest BCUT2D eigenvalue weighted by Crippen LogP contribution is 2.13. The molecule has 0 unspecified atom stereocenters. The molecule has 24 heavy (non-hydrogen) atoms. The smallest absolute Gasteiger partial charge is 0.271 e. The second kappa shape index (κ2) is 7.38. The van der Waals surface area contributed by atoms with Crippen molar-refractivity contribution in [2.45, 2.75) is 40.5 Å². The lowest BCUT2D eigenvalue weighted by Gasteiger charge is -2.25. The molecule has 0 saturated heterocycles. The first kappa shape index (κ1) is 17.8. The molecule has 2 amide bonds. The van der Waals surface area contributed by atoms with Gasteiger partial charge in [0, 0.05) is 30.5 Å². The monoisotopic (exact) mass is 329 g/mol. The Labute approximate surface area is 141 Å². The van der Waals surface area contributed by atoms with Crippen LogP contribution in [0.1, 0.15) is 40.5 Å². The number of hydrogen-bond acceptors (Lipinski definition) is 4. The molecule has 2 aromatic heterocycles. The molecule has 0 aromatic carbocycles. The number of aromatic nitrogens is 2. The summed E-state index contributed by atoms with van der Waals surface area (Å²) < 4.78 is 1.10. The Hall–Kier alpha value is -2.50. The number of nitrogens with zero attached hydrogens (tertiary/aromatic N) is 3. The largest absolute Gasteiger partial charge is 0.272 e. The Morgan fingerprint density at radius 2 is 1.62 bits per heavy atom. The summed E-state index contributed by atoms with van der Waals surface area (Å²) in [5, 5.41) is 1.66. The fraction of sp³-hybridized carbons (Fsp3) is 0.444. The number of fused-ring (bicyclic) bond motifs is 1. The van der Waals surface area contributed by atoms with Crippen molar-refractivity contribution in [2.24, 2.45) is 11.8 Å². The topological polar surface area (TPSA) is 72.3 Å². The Bertz CT molecular complexity index is 787. The number of amides is 2. The van der Waals surface area contributed by atoms with E-state index >= 15 is 0 Å². The highest BCUT2D eigenvalue weighted by atomic mass is 16.2. The second-order valence-corrected chi connectivity index (χ2v) is 6.69. The van der Waals surface area contributed by atoms with E-state index in [0.717, 1.165) is 9.69 Å². The minimum absolute atomic E-state index is 0.0745. The van der Waals surface area contributed by atoms with Crippen molar-refractivity contribution >= 4 is 22.8 Å². The van der Waals surface area contributed by atoms with Gasteiger partial charge in [0.2, 0.25) is 11.8 Å². The summed E-state index contributed by atoms with van der Waals surface area (Å²) in [6, 6.07) is 6.52. The molecule has 128 valence electrons. The molecule has 0 saturated carbocycles. The number of carbonyl (C=O) groups is 2. The van der Waals surface area contributed by atoms with Gasteiger partial charge in [-0.2, -0.15) is 9.69 Å². The van der Waals surface area contributed by atoms with Crippen molar-refractivity contribution in [2.75, 3.05) is 5.01 Å². The SMILES string of the molecule is CC(C)CC(=O)N(C(=O)CC(C)C)n1c(=O)ccc2cccnc21. The molecule has 0 spiro atoms. The molecular formula is C18H23N3O3. The second-order valence-electron chi connectivity index (χ2n) is 6.69. The summed E-state index contributed by atoms with van der Waals surface area (Å²) in [6.07, 6.45) is 1.90. The van der Waals surface area contributed by atoms with Crippen LogP contribution in [0.4, 0.5) is 0 Å². The van der Waals surface area contributed by atoms with Crippen molar-refractivity contribution < 1.29 is 9.59 Å². The third-order valence-electron chi connectivity index (χ3n) is 3.47. The van der Waals surface area contributed by atoms with Crippen molar-refractivity contribution in [3.63, 3.8) is 0 Å². The first-order valence-corrected chi connectivity index (χ1v) is 8.14. The third-order valence-corrected chi connectivity index (χ3v) is 3.47. The van der Waals surface area contributed by atoms with Crippen LogP contribution in [0, 0.1) is 11.8 Å². The molecule has 0 bridgehead atoms. The van der Waals surface area contributed by atoms with Crippen molar-refractivity contribution in [3.8, 4) is 0 Å². The minimum Gasteiger partial charge on any atom is -0.272 e. The van der Waals surface area contributed by atoms with Crippen LogP contribution in [0.2, 0.25) is 0 Å². The van der Waals surface area contributed by atoms with Crippen LogP contribution in [-0.4, -0.2) is 21.5 Å². The van der Waals surface area contributed by atoms with Crippen molar-refractivity contribution in [1.82, 2.24) is 9.66 Å². The third kappa shape index (κ3) is 3.88. The minimum atomic E-state index is -0.449. The van der Waals surface area contributed by atoms with Gasteiger partial charge in [0.1, 0.15) is 0 Å². The molecule has 0 aliphatic heterocycles. The Kier molecular flexibility index (Phi) is 5.49. The van der Waals surface area contributed by atoms with Gasteiger partial charge in [-0.1, -0.05) is 27.7 Å². The summed E-state index contributed by atoms with van der Waals surface area (Å²) in [6.45, 7) is 7.58. The molecule has 0 aliphatic carbocycles. The van der Waals surface area contributed by atoms with E-state index in [2.05, 4.69) is 4.98 Å². The van der Waals surface area contributed by atoms with Crippen molar-refractivity contribution in [1.29, 1.82) is 0 Å². The molecular weight excluding hydrogens is 306 g/mol. The normalized spacial score (nSPS) is 11.2. The van der Waals surface area contributed by atoms with Gasteiger partial charge >= 0.3 is 0 Å². The zero-order valence-electron chi connectivity index (χ0n) is 14.5. The molecule has 0 atom stereocenters. The van der Waals surface area contributed by atoms with Gasteiger partial charge in [-0.05, 0) is 30.0 Å². The standard InChI is InChI=1S/C18H23N3O3/c1-12(2)10-16(23)20(17(24)11-13(3)4)21-15(22)8-7-14-6-5-9-19-18(14)21/h5-9,12-13H,10-11H2,1-4H3. The molecule has 2 heterocycles. The average molecular weight is 329 g/mol. The van der Waals surface area contributed by atoms with E-state index in [0.29, 0.717) is 11.0 Å². The molecule has 0 N–H and O–H groups in total. The molecule has 6 nitrogen and oxygen atoms in total. The quantitative estimate of drug-likeness (QED) is 0.845. The van der Waals surface area contributed by atoms with Crippen LogP contribution in [0.3, 0.4) is 0 Å². The fourth-order valence-electron chi connectivity index (χ4n) is 2.48. The zero-order chi connectivity index (χ0) is 17.9. The highest BCUT2D eigenvalue weighted by molar-refractivity contribution is 6.09. The van der Waals surface area contributed by atoms with E-state index in [1.54, 1.807) is 18.2 Å². The van der Waals surface area contributed by atoms with Crippen LogP contribution in [0.15, 0.2) is 35.3 Å². The van der Waals surface area contributed by atoms with Gasteiger partial charge in [-0.25, -0.2) is 4.98 Å². The van der Waals surface area contributed by atoms with Crippen LogP contribution >= 0.6 is 0 Å². The van der Waals surface area contributed by atoms with Crippen LogP contribution in [-0.2, 0) is 9.59 Å². The molecule has 0 aliphatic rings. The van der Waals surface area contributed by atoms with Crippen molar-refractivity contribution in [3.05, 3.63) is 40.8 Å². The molecule has 0 fully saturated rings. The van der Waals surface area contributed by atoms with Gasteiger partial charge in [0.25, 0.3) is 5.56 Å². The number of imide groups is 1. The summed E-state index contributed by atoms with van der Waals surface area (Å²) in [5.41, 5.74) is -0.144. The number of pyridine rings is 2.